The summed E-state index contributed by atoms with van der Waals surface area (Å²) >= 11 is 0. The highest BCUT2D eigenvalue weighted by atomic mass is 16.5. The van der Waals surface area contributed by atoms with Crippen molar-refractivity contribution in [3.05, 3.63) is 48.3 Å². The molecule has 0 aliphatic heterocycles. The number of hydrogen-bond donors (Lipinski definition) is 1. The van der Waals surface area contributed by atoms with Gasteiger partial charge in [0, 0.05) is 18.0 Å². The molecule has 0 atom stereocenters. The van der Waals surface area contributed by atoms with Crippen molar-refractivity contribution in [2.75, 3.05) is 5.73 Å². The number of nitrogen functional groups attached to an aromatic ring is 1. The van der Waals surface area contributed by atoms with Gasteiger partial charge >= 0.3 is 0 Å². The Morgan fingerprint density at radius 1 is 1.11 bits per heavy atom. The van der Waals surface area contributed by atoms with Crippen molar-refractivity contribution in [2.45, 2.75) is 6.92 Å². The highest BCUT2D eigenvalue weighted by Crippen LogP contribution is 2.23. The maximum atomic E-state index is 5.68. The van der Waals surface area contributed by atoms with E-state index in [1.807, 2.05) is 31.2 Å². The summed E-state index contributed by atoms with van der Waals surface area (Å²) in [7, 11) is 0. The molecule has 0 radical (unpaired) electrons. The summed E-state index contributed by atoms with van der Waals surface area (Å²) < 4.78 is 5.24. The fourth-order valence-electron chi connectivity index (χ4n) is 1.82. The second kappa shape index (κ2) is 4.53. The van der Waals surface area contributed by atoms with Crippen LogP contribution in [0.4, 0.5) is 5.69 Å². The van der Waals surface area contributed by atoms with Crippen LogP contribution in [0.3, 0.4) is 0 Å². The number of aryl methyl sites for hydroxylation is 1. The van der Waals surface area contributed by atoms with Gasteiger partial charge in [-0.3, -0.25) is 4.98 Å². The summed E-state index contributed by atoms with van der Waals surface area (Å²) in [6.45, 7) is 2.02. The Morgan fingerprint density at radius 3 is 2.79 bits per heavy atom. The van der Waals surface area contributed by atoms with Crippen LogP contribution < -0.4 is 5.73 Å². The van der Waals surface area contributed by atoms with E-state index < -0.39 is 0 Å². The molecular formula is C14H12N4O. The lowest BCUT2D eigenvalue weighted by Crippen LogP contribution is -1.88. The number of rotatable bonds is 2. The Labute approximate surface area is 110 Å². The van der Waals surface area contributed by atoms with E-state index in [1.54, 1.807) is 18.5 Å². The van der Waals surface area contributed by atoms with Crippen LogP contribution in [0.15, 0.2) is 47.2 Å². The van der Waals surface area contributed by atoms with E-state index in [2.05, 4.69) is 15.1 Å². The summed E-state index contributed by atoms with van der Waals surface area (Å²) in [6, 6.07) is 9.68. The first kappa shape index (κ1) is 11.4. The van der Waals surface area contributed by atoms with Crippen molar-refractivity contribution >= 4 is 5.69 Å². The molecule has 0 saturated heterocycles. The van der Waals surface area contributed by atoms with Crippen LogP contribution in [0, 0.1) is 6.92 Å². The molecule has 3 aromatic rings. The fourth-order valence-corrected chi connectivity index (χ4v) is 1.82. The lowest BCUT2D eigenvalue weighted by atomic mass is 10.1. The van der Waals surface area contributed by atoms with Gasteiger partial charge in [-0.2, -0.15) is 4.98 Å². The fraction of sp³-hybridized carbons (Fsp3) is 0.0714. The normalized spacial score (nSPS) is 10.6. The predicted molar refractivity (Wildman–Crippen MR) is 72.1 cm³/mol. The number of nitrogens with zero attached hydrogens (tertiary/aromatic N) is 3. The van der Waals surface area contributed by atoms with Crippen LogP contribution >= 0.6 is 0 Å². The van der Waals surface area contributed by atoms with E-state index in [-0.39, 0.29) is 0 Å². The highest BCUT2D eigenvalue weighted by Gasteiger charge is 2.11. The van der Waals surface area contributed by atoms with Gasteiger partial charge in [-0.05, 0) is 19.1 Å². The quantitative estimate of drug-likeness (QED) is 0.758. The molecule has 2 N–H and O–H groups in total. The standard InChI is InChI=1S/C14H12N4O/c1-9-3-2-4-10(5-9)13-17-14(19-18-13)11-6-12(15)8-16-7-11/h2-8H,15H2,1H3. The van der Waals surface area contributed by atoms with E-state index >= 15 is 0 Å². The lowest BCUT2D eigenvalue weighted by molar-refractivity contribution is 0.432. The molecule has 5 heteroatoms. The van der Waals surface area contributed by atoms with Gasteiger partial charge < -0.3 is 10.3 Å². The number of aromatic nitrogens is 3. The molecule has 0 aliphatic carbocycles. The smallest absolute Gasteiger partial charge is 0.259 e. The van der Waals surface area contributed by atoms with Crippen LogP contribution in [0.25, 0.3) is 22.8 Å². The van der Waals surface area contributed by atoms with Gasteiger partial charge in [0.1, 0.15) is 0 Å². The zero-order chi connectivity index (χ0) is 13.2. The molecule has 0 aliphatic rings. The Balaban J connectivity index is 2.00. The number of hydrogen-bond acceptors (Lipinski definition) is 5. The summed E-state index contributed by atoms with van der Waals surface area (Å²) in [6.07, 6.45) is 3.21. The van der Waals surface area contributed by atoms with Crippen molar-refractivity contribution < 1.29 is 4.52 Å². The van der Waals surface area contributed by atoms with Crippen LogP contribution in [-0.2, 0) is 0 Å². The molecule has 0 unspecified atom stereocenters. The maximum absolute atomic E-state index is 5.68. The zero-order valence-electron chi connectivity index (χ0n) is 10.4. The second-order valence-corrected chi connectivity index (χ2v) is 4.30. The first-order chi connectivity index (χ1) is 9.22. The average molecular weight is 252 g/mol. The summed E-state index contributed by atoms with van der Waals surface area (Å²) in [4.78, 5) is 8.36. The predicted octanol–water partition coefficient (Wildman–Crippen LogP) is 2.69. The Kier molecular flexibility index (Phi) is 2.72. The minimum Gasteiger partial charge on any atom is -0.397 e. The SMILES string of the molecule is Cc1cccc(-c2noc(-c3cncc(N)c3)n2)c1. The number of benzene rings is 1. The Bertz CT molecular complexity index is 661. The third kappa shape index (κ3) is 2.30. The van der Waals surface area contributed by atoms with Gasteiger partial charge in [0.2, 0.25) is 5.82 Å². The molecule has 2 heterocycles. The zero-order valence-corrected chi connectivity index (χ0v) is 10.4. The van der Waals surface area contributed by atoms with E-state index in [0.29, 0.717) is 23.0 Å². The second-order valence-electron chi connectivity index (χ2n) is 4.30. The van der Waals surface area contributed by atoms with Crippen LogP contribution in [0.5, 0.6) is 0 Å². The lowest BCUT2D eigenvalue weighted by Gasteiger charge is -1.96. The van der Waals surface area contributed by atoms with E-state index in [9.17, 15) is 0 Å². The highest BCUT2D eigenvalue weighted by molar-refractivity contribution is 5.61. The van der Waals surface area contributed by atoms with Crippen molar-refractivity contribution in [3.8, 4) is 22.8 Å². The largest absolute Gasteiger partial charge is 0.397 e. The molecule has 2 aromatic heterocycles. The third-order valence-electron chi connectivity index (χ3n) is 2.71. The minimum absolute atomic E-state index is 0.413. The first-order valence-corrected chi connectivity index (χ1v) is 5.84. The van der Waals surface area contributed by atoms with Crippen LogP contribution in [0.1, 0.15) is 5.56 Å². The van der Waals surface area contributed by atoms with Gasteiger partial charge in [0.05, 0.1) is 11.3 Å². The molecule has 0 amide bonds. The van der Waals surface area contributed by atoms with E-state index in [4.69, 9.17) is 10.3 Å². The molecule has 0 spiro atoms. The molecule has 0 fully saturated rings. The van der Waals surface area contributed by atoms with Crippen molar-refractivity contribution in [1.29, 1.82) is 0 Å². The molecule has 0 bridgehead atoms. The molecule has 3 rings (SSSR count). The molecule has 0 saturated carbocycles. The number of anilines is 1. The number of nitrogens with two attached hydrogens (primary N) is 1. The van der Waals surface area contributed by atoms with Crippen LogP contribution in [0.2, 0.25) is 0 Å². The Hall–Kier alpha value is -2.69. The summed E-state index contributed by atoms with van der Waals surface area (Å²) in [5, 5.41) is 3.98. The van der Waals surface area contributed by atoms with Gasteiger partial charge in [-0.1, -0.05) is 28.9 Å². The topological polar surface area (TPSA) is 77.8 Å². The van der Waals surface area contributed by atoms with Gasteiger partial charge in [-0.25, -0.2) is 0 Å². The summed E-state index contributed by atoms with van der Waals surface area (Å²) in [5.74, 6) is 0.970. The Morgan fingerprint density at radius 2 is 2.00 bits per heavy atom. The van der Waals surface area contributed by atoms with Crippen molar-refractivity contribution in [3.63, 3.8) is 0 Å². The maximum Gasteiger partial charge on any atom is 0.259 e. The molecule has 1 aromatic carbocycles. The van der Waals surface area contributed by atoms with Crippen LogP contribution in [-0.4, -0.2) is 15.1 Å². The molecule has 94 valence electrons. The van der Waals surface area contributed by atoms with Crippen molar-refractivity contribution in [2.24, 2.45) is 0 Å². The molecule has 5 nitrogen and oxygen atoms in total. The van der Waals surface area contributed by atoms with Gasteiger partial charge in [0.25, 0.3) is 5.89 Å². The van der Waals surface area contributed by atoms with E-state index in [0.717, 1.165) is 11.1 Å². The van der Waals surface area contributed by atoms with Crippen molar-refractivity contribution in [1.82, 2.24) is 15.1 Å². The minimum atomic E-state index is 0.413. The van der Waals surface area contributed by atoms with Gasteiger partial charge in [0.15, 0.2) is 0 Å². The van der Waals surface area contributed by atoms with Gasteiger partial charge in [-0.15, -0.1) is 0 Å². The molecule has 19 heavy (non-hydrogen) atoms. The van der Waals surface area contributed by atoms with E-state index in [1.165, 1.54) is 0 Å². The number of pyridine rings is 1. The third-order valence-corrected chi connectivity index (χ3v) is 2.71. The first-order valence-electron chi connectivity index (χ1n) is 5.84. The summed E-state index contributed by atoms with van der Waals surface area (Å²) in [5.41, 5.74) is 9.03. The average Bonchev–Trinajstić information content (AvgIpc) is 2.88. The monoisotopic (exact) mass is 252 g/mol. The molecular weight excluding hydrogens is 240 g/mol.